The van der Waals surface area contributed by atoms with E-state index in [-0.39, 0.29) is 10.6 Å². The molecule has 0 amide bonds. The van der Waals surface area contributed by atoms with E-state index in [4.69, 9.17) is 16.3 Å². The van der Waals surface area contributed by atoms with Gasteiger partial charge in [0.05, 0.1) is 29.0 Å². The fourth-order valence-electron chi connectivity index (χ4n) is 3.24. The number of pyridine rings is 1. The molecule has 0 radical (unpaired) electrons. The normalized spacial score (nSPS) is 12.0. The van der Waals surface area contributed by atoms with E-state index in [2.05, 4.69) is 19.7 Å². The van der Waals surface area contributed by atoms with Crippen molar-refractivity contribution in [1.82, 2.24) is 19.4 Å². The smallest absolute Gasteiger partial charge is 0.481 e. The van der Waals surface area contributed by atoms with Crippen LogP contribution in [0.1, 0.15) is 11.4 Å². The van der Waals surface area contributed by atoms with E-state index in [1.54, 1.807) is 23.5 Å². The molecular weight excluding hydrogens is 409 g/mol. The summed E-state index contributed by atoms with van der Waals surface area (Å²) in [6.45, 7) is 3.60. The highest BCUT2D eigenvalue weighted by Gasteiger charge is 2.31. The first-order valence-corrected chi connectivity index (χ1v) is 8.82. The van der Waals surface area contributed by atoms with E-state index >= 15 is 0 Å². The lowest BCUT2D eigenvalue weighted by Gasteiger charge is -2.12. The molecule has 0 saturated carbocycles. The predicted molar refractivity (Wildman–Crippen MR) is 101 cm³/mol. The zero-order valence-corrected chi connectivity index (χ0v) is 16.3. The molecule has 3 heterocycles. The average molecular weight is 423 g/mol. The number of alkyl halides is 3. The third-order valence-electron chi connectivity index (χ3n) is 4.34. The van der Waals surface area contributed by atoms with Gasteiger partial charge in [-0.25, -0.2) is 9.97 Å². The van der Waals surface area contributed by atoms with Gasteiger partial charge < -0.3 is 9.47 Å². The second-order valence-corrected chi connectivity index (χ2v) is 6.70. The molecule has 0 aliphatic carbocycles. The zero-order valence-electron chi connectivity index (χ0n) is 15.5. The van der Waals surface area contributed by atoms with Crippen LogP contribution in [0.25, 0.3) is 28.1 Å². The third-order valence-corrected chi connectivity index (χ3v) is 4.67. The second-order valence-electron chi connectivity index (χ2n) is 6.29. The predicted octanol–water partition coefficient (Wildman–Crippen LogP) is 5.12. The molecular formula is C19H14ClF3N4O2. The van der Waals surface area contributed by atoms with Crippen LogP contribution in [-0.4, -0.2) is 32.8 Å². The summed E-state index contributed by atoms with van der Waals surface area (Å²) in [6.07, 6.45) is -4.82. The molecule has 0 spiro atoms. The van der Waals surface area contributed by atoms with E-state index in [0.717, 1.165) is 6.07 Å². The van der Waals surface area contributed by atoms with Gasteiger partial charge in [-0.2, -0.15) is 4.98 Å². The Morgan fingerprint density at radius 3 is 2.41 bits per heavy atom. The lowest BCUT2D eigenvalue weighted by molar-refractivity contribution is -0.274. The van der Waals surface area contributed by atoms with Crippen molar-refractivity contribution in [3.8, 4) is 23.0 Å². The van der Waals surface area contributed by atoms with Gasteiger partial charge in [0.2, 0.25) is 5.88 Å². The summed E-state index contributed by atoms with van der Waals surface area (Å²) in [5.41, 5.74) is 3.31. The van der Waals surface area contributed by atoms with Crippen molar-refractivity contribution in [3.05, 3.63) is 46.7 Å². The summed E-state index contributed by atoms with van der Waals surface area (Å²) < 4.78 is 49.0. The number of benzene rings is 1. The lowest BCUT2D eigenvalue weighted by Crippen LogP contribution is -2.17. The Labute approximate surface area is 167 Å². The Bertz CT molecular complexity index is 1250. The summed E-state index contributed by atoms with van der Waals surface area (Å²) in [5.74, 6) is 0.292. The highest BCUT2D eigenvalue weighted by molar-refractivity contribution is 6.33. The van der Waals surface area contributed by atoms with Crippen LogP contribution in [0.3, 0.4) is 0 Å². The summed E-state index contributed by atoms with van der Waals surface area (Å²) in [5, 5.41) is 0.219. The number of methoxy groups -OCH3 is 1. The first-order chi connectivity index (χ1) is 13.7. The van der Waals surface area contributed by atoms with E-state index < -0.39 is 12.1 Å². The number of rotatable bonds is 3. The van der Waals surface area contributed by atoms with Crippen molar-refractivity contribution in [3.63, 3.8) is 0 Å². The molecule has 10 heteroatoms. The van der Waals surface area contributed by atoms with Gasteiger partial charge in [0, 0.05) is 11.6 Å². The molecule has 6 nitrogen and oxygen atoms in total. The number of fused-ring (bicyclic) bond motifs is 3. The van der Waals surface area contributed by atoms with Crippen LogP contribution in [0.5, 0.6) is 11.6 Å². The molecule has 0 bridgehead atoms. The third kappa shape index (κ3) is 3.42. The van der Waals surface area contributed by atoms with Crippen LogP contribution in [0.4, 0.5) is 13.2 Å². The first-order valence-electron chi connectivity index (χ1n) is 8.44. The minimum Gasteiger partial charge on any atom is -0.481 e. The van der Waals surface area contributed by atoms with Crippen molar-refractivity contribution in [2.24, 2.45) is 0 Å². The standard InChI is InChI=1S/C19H14ClF3N4O2/c1-9-16-10(2)25-17(12-8-11(4-5-13(12)20)29-19(21,22)23)27(16)18-14(24-9)6-7-15(26-18)28-3/h4-8H,1-3H3. The summed E-state index contributed by atoms with van der Waals surface area (Å²) in [7, 11) is 1.49. The molecule has 0 aliphatic rings. The number of imidazole rings is 1. The van der Waals surface area contributed by atoms with Crippen LogP contribution >= 0.6 is 11.6 Å². The Kier molecular flexibility index (Phi) is 4.49. The second kappa shape index (κ2) is 6.77. The van der Waals surface area contributed by atoms with Gasteiger partial charge in [-0.05, 0) is 38.1 Å². The number of halogens is 4. The van der Waals surface area contributed by atoms with Gasteiger partial charge >= 0.3 is 6.36 Å². The number of nitrogens with zero attached hydrogens (tertiary/aromatic N) is 4. The maximum atomic E-state index is 12.7. The molecule has 0 unspecified atom stereocenters. The SMILES string of the molecule is COc1ccc2nc(C)c3c(C)nc(-c4cc(OC(F)(F)F)ccc4Cl)n3c2n1. The molecule has 0 atom stereocenters. The maximum Gasteiger partial charge on any atom is 0.573 e. The molecule has 0 aliphatic heterocycles. The molecule has 0 saturated heterocycles. The monoisotopic (exact) mass is 422 g/mol. The van der Waals surface area contributed by atoms with Crippen molar-refractivity contribution < 1.29 is 22.6 Å². The van der Waals surface area contributed by atoms with E-state index in [1.807, 2.05) is 6.92 Å². The zero-order chi connectivity index (χ0) is 20.9. The van der Waals surface area contributed by atoms with Gasteiger partial charge in [-0.3, -0.25) is 4.40 Å². The highest BCUT2D eigenvalue weighted by Crippen LogP contribution is 2.35. The Hall–Kier alpha value is -3.07. The summed E-state index contributed by atoms with van der Waals surface area (Å²) in [4.78, 5) is 13.6. The molecule has 0 fully saturated rings. The number of hydrogen-bond donors (Lipinski definition) is 0. The average Bonchev–Trinajstić information content (AvgIpc) is 3.00. The van der Waals surface area contributed by atoms with Crippen LogP contribution in [0, 0.1) is 13.8 Å². The van der Waals surface area contributed by atoms with E-state index in [9.17, 15) is 13.2 Å². The van der Waals surface area contributed by atoms with E-state index in [0.29, 0.717) is 39.8 Å². The number of hydrogen-bond acceptors (Lipinski definition) is 5. The van der Waals surface area contributed by atoms with Crippen molar-refractivity contribution in [1.29, 1.82) is 0 Å². The van der Waals surface area contributed by atoms with Crippen molar-refractivity contribution >= 4 is 28.3 Å². The number of ether oxygens (including phenoxy) is 2. The molecule has 4 rings (SSSR count). The van der Waals surface area contributed by atoms with Crippen molar-refractivity contribution in [2.45, 2.75) is 20.2 Å². The van der Waals surface area contributed by atoms with Gasteiger partial charge in [0.15, 0.2) is 5.65 Å². The minimum atomic E-state index is -4.82. The van der Waals surface area contributed by atoms with Gasteiger partial charge in [-0.15, -0.1) is 13.2 Å². The molecule has 0 N–H and O–H groups in total. The highest BCUT2D eigenvalue weighted by atomic mass is 35.5. The molecule has 3 aromatic heterocycles. The van der Waals surface area contributed by atoms with Gasteiger partial charge in [-0.1, -0.05) is 11.6 Å². The summed E-state index contributed by atoms with van der Waals surface area (Å²) in [6, 6.07) is 7.10. The minimum absolute atomic E-state index is 0.219. The fraction of sp³-hybridized carbons (Fsp3) is 0.211. The largest absolute Gasteiger partial charge is 0.573 e. The quantitative estimate of drug-likeness (QED) is 0.458. The topological polar surface area (TPSA) is 61.5 Å². The number of aromatic nitrogens is 4. The molecule has 4 aromatic rings. The Balaban J connectivity index is 2.06. The lowest BCUT2D eigenvalue weighted by atomic mass is 10.2. The van der Waals surface area contributed by atoms with Crippen LogP contribution in [-0.2, 0) is 0 Å². The molecule has 150 valence electrons. The van der Waals surface area contributed by atoms with E-state index in [1.165, 1.54) is 19.2 Å². The number of aryl methyl sites for hydroxylation is 2. The fourth-order valence-corrected chi connectivity index (χ4v) is 3.44. The Morgan fingerprint density at radius 2 is 1.72 bits per heavy atom. The maximum absolute atomic E-state index is 12.7. The summed E-state index contributed by atoms with van der Waals surface area (Å²) >= 11 is 6.31. The van der Waals surface area contributed by atoms with Gasteiger partial charge in [0.25, 0.3) is 0 Å². The molecule has 29 heavy (non-hydrogen) atoms. The van der Waals surface area contributed by atoms with Crippen LogP contribution in [0.2, 0.25) is 5.02 Å². The van der Waals surface area contributed by atoms with Gasteiger partial charge in [0.1, 0.15) is 17.1 Å². The molecule has 1 aromatic carbocycles. The van der Waals surface area contributed by atoms with Crippen molar-refractivity contribution in [2.75, 3.05) is 7.11 Å². The van der Waals surface area contributed by atoms with Crippen LogP contribution < -0.4 is 9.47 Å². The Morgan fingerprint density at radius 1 is 1.00 bits per heavy atom. The van der Waals surface area contributed by atoms with Crippen LogP contribution in [0.15, 0.2) is 30.3 Å². The first kappa shape index (κ1) is 19.3.